The first kappa shape index (κ1) is 21.4. The second kappa shape index (κ2) is 7.85. The second-order valence-electron chi connectivity index (χ2n) is 11.5. The van der Waals surface area contributed by atoms with Gasteiger partial charge in [-0.05, 0) is 117 Å². The molecule has 170 valence electrons. The lowest BCUT2D eigenvalue weighted by atomic mass is 9.48. The number of ketones is 1. The Balaban J connectivity index is 1.28. The molecule has 0 amide bonds. The largest absolute Gasteiger partial charge is 0.378 e. The monoisotopic (exact) mass is 429 g/mol. The van der Waals surface area contributed by atoms with Crippen molar-refractivity contribution in [2.45, 2.75) is 77.3 Å². The minimum absolute atomic E-state index is 0.00782. The molecular formula is C27H37F2NO. The third-order valence-corrected chi connectivity index (χ3v) is 9.99. The minimum Gasteiger partial charge on any atom is -0.378 e. The highest BCUT2D eigenvalue weighted by molar-refractivity contribution is 5.86. The van der Waals surface area contributed by atoms with E-state index in [1.165, 1.54) is 12.1 Å². The molecule has 0 saturated heterocycles. The molecule has 2 nitrogen and oxygen atoms in total. The van der Waals surface area contributed by atoms with Crippen LogP contribution in [0.25, 0.3) is 0 Å². The van der Waals surface area contributed by atoms with E-state index in [-0.39, 0.29) is 34.8 Å². The van der Waals surface area contributed by atoms with Crippen LogP contribution in [0.5, 0.6) is 0 Å². The SMILES string of the molecule is C[C@H]1CC[C@]2(F)C3CC[C@@]4(C)C(CC[C@@H]4C(=O)CNc4ccc(F)cc4)[C@@H]3CC[C@@H]2C1. The molecule has 1 aromatic rings. The zero-order chi connectivity index (χ0) is 21.8. The van der Waals surface area contributed by atoms with Crippen molar-refractivity contribution < 1.29 is 13.6 Å². The van der Waals surface area contributed by atoms with Crippen LogP contribution in [0.3, 0.4) is 0 Å². The molecule has 31 heavy (non-hydrogen) atoms. The highest BCUT2D eigenvalue weighted by Crippen LogP contribution is 2.66. The van der Waals surface area contributed by atoms with Gasteiger partial charge in [0.15, 0.2) is 5.78 Å². The van der Waals surface area contributed by atoms with Crippen LogP contribution in [0.15, 0.2) is 24.3 Å². The van der Waals surface area contributed by atoms with Gasteiger partial charge < -0.3 is 5.32 Å². The van der Waals surface area contributed by atoms with Gasteiger partial charge in [-0.3, -0.25) is 4.79 Å². The maximum Gasteiger partial charge on any atom is 0.155 e. The lowest BCUT2D eigenvalue weighted by Gasteiger charge is -2.58. The Bertz CT molecular complexity index is 825. The smallest absolute Gasteiger partial charge is 0.155 e. The molecule has 0 heterocycles. The first-order chi connectivity index (χ1) is 14.8. The van der Waals surface area contributed by atoms with Gasteiger partial charge in [0.05, 0.1) is 6.54 Å². The number of Topliss-reactive ketones (excluding diaryl/α,β-unsaturated/α-hetero) is 1. The van der Waals surface area contributed by atoms with E-state index >= 15 is 4.39 Å². The van der Waals surface area contributed by atoms with E-state index < -0.39 is 5.67 Å². The zero-order valence-electron chi connectivity index (χ0n) is 19.0. The van der Waals surface area contributed by atoms with Gasteiger partial charge in [0.1, 0.15) is 11.5 Å². The number of alkyl halides is 1. The number of carbonyl (C=O) groups is 1. The van der Waals surface area contributed by atoms with Crippen LogP contribution in [-0.2, 0) is 4.79 Å². The predicted molar refractivity (Wildman–Crippen MR) is 120 cm³/mol. The van der Waals surface area contributed by atoms with Crippen LogP contribution in [0.2, 0.25) is 0 Å². The van der Waals surface area contributed by atoms with Crippen molar-refractivity contribution in [2.24, 2.45) is 40.9 Å². The first-order valence-corrected chi connectivity index (χ1v) is 12.5. The number of nitrogens with one attached hydrogen (secondary N) is 1. The molecule has 0 spiro atoms. The normalized spacial score (nSPS) is 44.1. The van der Waals surface area contributed by atoms with Gasteiger partial charge in [-0.25, -0.2) is 8.78 Å². The molecule has 0 aromatic heterocycles. The molecule has 4 saturated carbocycles. The van der Waals surface area contributed by atoms with Crippen molar-refractivity contribution in [2.75, 3.05) is 11.9 Å². The maximum absolute atomic E-state index is 16.4. The van der Waals surface area contributed by atoms with Gasteiger partial charge in [-0.15, -0.1) is 0 Å². The number of carbonyl (C=O) groups excluding carboxylic acids is 1. The third-order valence-electron chi connectivity index (χ3n) is 9.99. The van der Waals surface area contributed by atoms with Gasteiger partial charge in [0, 0.05) is 11.6 Å². The molecule has 8 atom stereocenters. The van der Waals surface area contributed by atoms with E-state index in [2.05, 4.69) is 19.2 Å². The van der Waals surface area contributed by atoms with Crippen molar-refractivity contribution in [1.82, 2.24) is 0 Å². The van der Waals surface area contributed by atoms with Gasteiger partial charge in [0.2, 0.25) is 0 Å². The standard InChI is InChI=1S/C27H37F2NO/c1-17-11-14-27(29)18(15-17)3-8-21-22-9-10-24(26(22,2)13-12-23(21)27)25(31)16-30-20-6-4-19(28)5-7-20/h4-7,17-18,21-24,30H,3,8-16H2,1-2H3/t17-,18+,21-,22?,23?,24+,26-,27+/m0/s1. The Morgan fingerprint density at radius 1 is 1.03 bits per heavy atom. The number of rotatable bonds is 4. The predicted octanol–water partition coefficient (Wildman–Crippen LogP) is 6.80. The summed E-state index contributed by atoms with van der Waals surface area (Å²) in [5.41, 5.74) is -0.168. The fraction of sp³-hybridized carbons (Fsp3) is 0.741. The summed E-state index contributed by atoms with van der Waals surface area (Å²) < 4.78 is 29.5. The topological polar surface area (TPSA) is 29.1 Å². The molecule has 2 unspecified atom stereocenters. The van der Waals surface area contributed by atoms with E-state index in [0.29, 0.717) is 24.3 Å². The third kappa shape index (κ3) is 3.53. The zero-order valence-corrected chi connectivity index (χ0v) is 19.0. The van der Waals surface area contributed by atoms with E-state index in [1.54, 1.807) is 12.1 Å². The molecule has 5 rings (SSSR count). The van der Waals surface area contributed by atoms with Crippen LogP contribution in [0.1, 0.15) is 71.6 Å². The van der Waals surface area contributed by atoms with Gasteiger partial charge >= 0.3 is 0 Å². The second-order valence-corrected chi connectivity index (χ2v) is 11.5. The number of anilines is 1. The van der Waals surface area contributed by atoms with Crippen molar-refractivity contribution in [1.29, 1.82) is 0 Å². The molecule has 4 aliphatic rings. The summed E-state index contributed by atoms with van der Waals surface area (Å²) in [5.74, 6) is 2.14. The van der Waals surface area contributed by atoms with Crippen LogP contribution in [0.4, 0.5) is 14.5 Å². The Kier molecular flexibility index (Phi) is 5.42. The van der Waals surface area contributed by atoms with Crippen LogP contribution < -0.4 is 5.32 Å². The van der Waals surface area contributed by atoms with E-state index in [0.717, 1.165) is 63.5 Å². The molecule has 0 aliphatic heterocycles. The van der Waals surface area contributed by atoms with Crippen molar-refractivity contribution >= 4 is 11.5 Å². The first-order valence-electron chi connectivity index (χ1n) is 12.5. The number of hydrogen-bond acceptors (Lipinski definition) is 2. The molecule has 4 aliphatic carbocycles. The van der Waals surface area contributed by atoms with E-state index in [4.69, 9.17) is 0 Å². The average Bonchev–Trinajstić information content (AvgIpc) is 3.11. The summed E-state index contributed by atoms with van der Waals surface area (Å²) in [7, 11) is 0. The summed E-state index contributed by atoms with van der Waals surface area (Å²) >= 11 is 0. The summed E-state index contributed by atoms with van der Waals surface area (Å²) in [6, 6.07) is 6.18. The van der Waals surface area contributed by atoms with Crippen LogP contribution >= 0.6 is 0 Å². The minimum atomic E-state index is -0.955. The Morgan fingerprint density at radius 2 is 1.81 bits per heavy atom. The molecule has 4 heteroatoms. The summed E-state index contributed by atoms with van der Waals surface area (Å²) in [5, 5.41) is 3.19. The molecule has 1 N–H and O–H groups in total. The maximum atomic E-state index is 16.4. The van der Waals surface area contributed by atoms with Crippen LogP contribution in [-0.4, -0.2) is 18.0 Å². The Labute approximate surface area is 185 Å². The van der Waals surface area contributed by atoms with Crippen molar-refractivity contribution in [3.05, 3.63) is 30.1 Å². The molecule has 0 bridgehead atoms. The molecule has 1 aromatic carbocycles. The number of fused-ring (bicyclic) bond motifs is 5. The number of benzene rings is 1. The van der Waals surface area contributed by atoms with Gasteiger partial charge in [-0.2, -0.15) is 0 Å². The lowest BCUT2D eigenvalue weighted by Crippen LogP contribution is -2.56. The fourth-order valence-electron chi connectivity index (χ4n) is 8.41. The summed E-state index contributed by atoms with van der Waals surface area (Å²) in [6.07, 6.45) is 9.01. The lowest BCUT2D eigenvalue weighted by molar-refractivity contribution is -0.145. The van der Waals surface area contributed by atoms with Crippen molar-refractivity contribution in [3.8, 4) is 0 Å². The average molecular weight is 430 g/mol. The van der Waals surface area contributed by atoms with Crippen LogP contribution in [0, 0.1) is 46.7 Å². The number of halogens is 2. The van der Waals surface area contributed by atoms with Gasteiger partial charge in [0.25, 0.3) is 0 Å². The van der Waals surface area contributed by atoms with Gasteiger partial charge in [-0.1, -0.05) is 13.8 Å². The number of hydrogen-bond donors (Lipinski definition) is 1. The highest BCUT2D eigenvalue weighted by Gasteiger charge is 2.62. The van der Waals surface area contributed by atoms with E-state index in [1.807, 2.05) is 0 Å². The molecule has 0 radical (unpaired) electrons. The highest BCUT2D eigenvalue weighted by atomic mass is 19.1. The molecule has 4 fully saturated rings. The quantitative estimate of drug-likeness (QED) is 0.570. The molecular weight excluding hydrogens is 392 g/mol. The Hall–Kier alpha value is -1.45. The summed E-state index contributed by atoms with van der Waals surface area (Å²) in [4.78, 5) is 13.2. The van der Waals surface area contributed by atoms with Crippen molar-refractivity contribution in [3.63, 3.8) is 0 Å². The Morgan fingerprint density at radius 3 is 2.58 bits per heavy atom. The summed E-state index contributed by atoms with van der Waals surface area (Å²) in [6.45, 7) is 4.90. The fourth-order valence-corrected chi connectivity index (χ4v) is 8.41. The van der Waals surface area contributed by atoms with E-state index in [9.17, 15) is 9.18 Å².